The summed E-state index contributed by atoms with van der Waals surface area (Å²) >= 11 is 6.09. The first-order valence-corrected chi connectivity index (χ1v) is 6.73. The van der Waals surface area contributed by atoms with Gasteiger partial charge in [-0.05, 0) is 43.4 Å². The molecule has 0 radical (unpaired) electrons. The minimum Gasteiger partial charge on any atom is -0.496 e. The summed E-state index contributed by atoms with van der Waals surface area (Å²) < 4.78 is 5.40. The number of nitrogen functional groups attached to an aromatic ring is 1. The molecule has 19 heavy (non-hydrogen) atoms. The van der Waals surface area contributed by atoms with Crippen LogP contribution in [0.25, 0.3) is 11.1 Å². The fraction of sp³-hybridized carbons (Fsp3) is 0.357. The molecule has 1 aliphatic rings. The molecule has 1 aromatic carbocycles. The molecule has 100 valence electrons. The summed E-state index contributed by atoms with van der Waals surface area (Å²) in [7, 11) is 1.64. The van der Waals surface area contributed by atoms with Crippen molar-refractivity contribution in [3.63, 3.8) is 0 Å². The number of hydrogen-bond acceptors (Lipinski definition) is 3. The van der Waals surface area contributed by atoms with Crippen LogP contribution in [0.2, 0.25) is 5.02 Å². The van der Waals surface area contributed by atoms with Crippen LogP contribution in [0.3, 0.4) is 0 Å². The lowest BCUT2D eigenvalue weighted by atomic mass is 10.0. The van der Waals surface area contributed by atoms with Crippen LogP contribution in [0.4, 0.5) is 5.82 Å². The van der Waals surface area contributed by atoms with Crippen molar-refractivity contribution in [1.82, 2.24) is 10.2 Å². The second-order valence-electron chi connectivity index (χ2n) is 4.95. The van der Waals surface area contributed by atoms with Gasteiger partial charge in [-0.2, -0.15) is 5.10 Å². The normalized spacial score (nSPS) is 14.6. The van der Waals surface area contributed by atoms with E-state index in [9.17, 15) is 0 Å². The van der Waals surface area contributed by atoms with Gasteiger partial charge in [-0.25, -0.2) is 0 Å². The maximum atomic E-state index is 6.09. The number of ether oxygens (including phenoxy) is 1. The summed E-state index contributed by atoms with van der Waals surface area (Å²) in [6, 6.07) is 5.53. The monoisotopic (exact) mass is 277 g/mol. The van der Waals surface area contributed by atoms with Gasteiger partial charge in [0.2, 0.25) is 0 Å². The van der Waals surface area contributed by atoms with Crippen molar-refractivity contribution in [2.75, 3.05) is 12.8 Å². The summed E-state index contributed by atoms with van der Waals surface area (Å²) in [5, 5.41) is 7.83. The fourth-order valence-corrected chi connectivity index (χ4v) is 2.50. The SMILES string of the molecule is COc1ccc(Cl)cc1-c1c(N)n[nH]c1CC1CC1. The molecular formula is C14H16ClN3O. The second-order valence-corrected chi connectivity index (χ2v) is 5.39. The summed E-state index contributed by atoms with van der Waals surface area (Å²) in [6.45, 7) is 0. The molecule has 4 nitrogen and oxygen atoms in total. The van der Waals surface area contributed by atoms with Crippen molar-refractivity contribution >= 4 is 17.4 Å². The predicted octanol–water partition coefficient (Wildman–Crippen LogP) is 3.27. The number of H-pyrrole nitrogens is 1. The number of aromatic amines is 1. The topological polar surface area (TPSA) is 63.9 Å². The van der Waals surface area contributed by atoms with Gasteiger partial charge in [0.1, 0.15) is 5.75 Å². The minimum absolute atomic E-state index is 0.496. The van der Waals surface area contributed by atoms with E-state index < -0.39 is 0 Å². The Morgan fingerprint density at radius 1 is 1.47 bits per heavy atom. The molecule has 0 aliphatic heterocycles. The Labute approximate surface area is 116 Å². The number of hydrogen-bond donors (Lipinski definition) is 2. The van der Waals surface area contributed by atoms with E-state index in [0.717, 1.165) is 34.9 Å². The van der Waals surface area contributed by atoms with E-state index in [2.05, 4.69) is 10.2 Å². The third-order valence-electron chi connectivity index (χ3n) is 3.49. The zero-order valence-electron chi connectivity index (χ0n) is 10.7. The van der Waals surface area contributed by atoms with E-state index in [1.54, 1.807) is 13.2 Å². The third-order valence-corrected chi connectivity index (χ3v) is 3.72. The first-order valence-electron chi connectivity index (χ1n) is 6.35. The lowest BCUT2D eigenvalue weighted by Gasteiger charge is -2.10. The van der Waals surface area contributed by atoms with E-state index in [-0.39, 0.29) is 0 Å². The molecule has 0 unspecified atom stereocenters. The predicted molar refractivity (Wildman–Crippen MR) is 76.4 cm³/mol. The van der Waals surface area contributed by atoms with Gasteiger partial charge in [-0.15, -0.1) is 0 Å². The molecule has 0 amide bonds. The van der Waals surface area contributed by atoms with Gasteiger partial charge in [0.15, 0.2) is 5.82 Å². The highest BCUT2D eigenvalue weighted by Gasteiger charge is 2.26. The lowest BCUT2D eigenvalue weighted by molar-refractivity contribution is 0.416. The van der Waals surface area contributed by atoms with Gasteiger partial charge in [0.05, 0.1) is 12.7 Å². The Morgan fingerprint density at radius 3 is 2.95 bits per heavy atom. The van der Waals surface area contributed by atoms with Crippen LogP contribution in [0.15, 0.2) is 18.2 Å². The van der Waals surface area contributed by atoms with Gasteiger partial charge >= 0.3 is 0 Å². The quantitative estimate of drug-likeness (QED) is 0.901. The summed E-state index contributed by atoms with van der Waals surface area (Å²) in [4.78, 5) is 0. The second kappa shape index (κ2) is 4.78. The van der Waals surface area contributed by atoms with E-state index in [1.165, 1.54) is 12.8 Å². The number of nitrogens with two attached hydrogens (primary N) is 1. The Balaban J connectivity index is 2.09. The zero-order chi connectivity index (χ0) is 13.4. The fourth-order valence-electron chi connectivity index (χ4n) is 2.33. The van der Waals surface area contributed by atoms with E-state index in [0.29, 0.717) is 10.8 Å². The molecule has 3 rings (SSSR count). The van der Waals surface area contributed by atoms with Crippen molar-refractivity contribution in [2.24, 2.45) is 5.92 Å². The number of nitrogens with one attached hydrogen (secondary N) is 1. The van der Waals surface area contributed by atoms with Gasteiger partial charge in [0.25, 0.3) is 0 Å². The average Bonchev–Trinajstić information content (AvgIpc) is 3.13. The maximum absolute atomic E-state index is 6.09. The molecule has 3 N–H and O–H groups in total. The molecule has 0 saturated heterocycles. The summed E-state index contributed by atoms with van der Waals surface area (Å²) in [5.41, 5.74) is 8.89. The van der Waals surface area contributed by atoms with Crippen LogP contribution in [-0.4, -0.2) is 17.3 Å². The van der Waals surface area contributed by atoms with Crippen LogP contribution in [0.1, 0.15) is 18.5 Å². The Bertz CT molecular complexity index is 605. The first-order chi connectivity index (χ1) is 9.19. The lowest BCUT2D eigenvalue weighted by Crippen LogP contribution is -1.95. The van der Waals surface area contributed by atoms with Crippen LogP contribution in [-0.2, 0) is 6.42 Å². The van der Waals surface area contributed by atoms with Gasteiger partial charge in [-0.1, -0.05) is 11.6 Å². The van der Waals surface area contributed by atoms with Crippen LogP contribution in [0, 0.1) is 5.92 Å². The van der Waals surface area contributed by atoms with Gasteiger partial charge in [-0.3, -0.25) is 5.10 Å². The third kappa shape index (κ3) is 2.40. The molecular weight excluding hydrogens is 262 g/mol. The molecule has 1 fully saturated rings. The number of anilines is 1. The minimum atomic E-state index is 0.496. The van der Waals surface area contributed by atoms with E-state index in [4.69, 9.17) is 22.1 Å². The molecule has 0 bridgehead atoms. The largest absolute Gasteiger partial charge is 0.496 e. The number of methoxy groups -OCH3 is 1. The zero-order valence-corrected chi connectivity index (χ0v) is 11.5. The Morgan fingerprint density at radius 2 is 2.26 bits per heavy atom. The molecule has 0 atom stereocenters. The van der Waals surface area contributed by atoms with Crippen LogP contribution >= 0.6 is 11.6 Å². The molecule has 1 saturated carbocycles. The molecule has 5 heteroatoms. The number of nitrogens with zero attached hydrogens (tertiary/aromatic N) is 1. The summed E-state index contributed by atoms with van der Waals surface area (Å²) in [5.74, 6) is 2.01. The van der Waals surface area contributed by atoms with Gasteiger partial charge < -0.3 is 10.5 Å². The highest BCUT2D eigenvalue weighted by atomic mass is 35.5. The maximum Gasteiger partial charge on any atom is 0.153 e. The number of rotatable bonds is 4. The van der Waals surface area contributed by atoms with E-state index in [1.807, 2.05) is 12.1 Å². The standard InChI is InChI=1S/C14H16ClN3O/c1-19-12-5-4-9(15)7-10(12)13-11(6-8-2-3-8)17-18-14(13)16/h4-5,7-8H,2-3,6H2,1H3,(H3,16,17,18). The van der Waals surface area contributed by atoms with Crippen LogP contribution in [0.5, 0.6) is 5.75 Å². The molecule has 1 aliphatic carbocycles. The average molecular weight is 278 g/mol. The van der Waals surface area contributed by atoms with Crippen molar-refractivity contribution in [3.05, 3.63) is 28.9 Å². The smallest absolute Gasteiger partial charge is 0.153 e. The Kier molecular flexibility index (Phi) is 3.11. The molecule has 0 spiro atoms. The van der Waals surface area contributed by atoms with Crippen molar-refractivity contribution in [2.45, 2.75) is 19.3 Å². The Hall–Kier alpha value is -1.68. The molecule has 1 aromatic heterocycles. The highest BCUT2D eigenvalue weighted by molar-refractivity contribution is 6.31. The number of halogens is 1. The van der Waals surface area contributed by atoms with Crippen molar-refractivity contribution in [3.8, 4) is 16.9 Å². The van der Waals surface area contributed by atoms with Crippen molar-refractivity contribution in [1.29, 1.82) is 0 Å². The van der Waals surface area contributed by atoms with Crippen molar-refractivity contribution < 1.29 is 4.74 Å². The highest BCUT2D eigenvalue weighted by Crippen LogP contribution is 2.40. The van der Waals surface area contributed by atoms with Gasteiger partial charge in [0, 0.05) is 16.3 Å². The number of benzene rings is 1. The molecule has 1 heterocycles. The summed E-state index contributed by atoms with van der Waals surface area (Å²) in [6.07, 6.45) is 3.55. The number of aromatic nitrogens is 2. The van der Waals surface area contributed by atoms with E-state index >= 15 is 0 Å². The first kappa shape index (κ1) is 12.4. The molecule has 2 aromatic rings. The van der Waals surface area contributed by atoms with Crippen LogP contribution < -0.4 is 10.5 Å².